The number of hydrogen-bond donors (Lipinski definition) is 3. The zero-order chi connectivity index (χ0) is 19.2. The van der Waals surface area contributed by atoms with Crippen molar-refractivity contribution in [2.45, 2.75) is 13.0 Å². The molecule has 9 heteroatoms. The van der Waals surface area contributed by atoms with Gasteiger partial charge in [-0.1, -0.05) is 12.1 Å². The van der Waals surface area contributed by atoms with Crippen molar-refractivity contribution in [3.8, 4) is 6.07 Å². The van der Waals surface area contributed by atoms with Gasteiger partial charge in [0.1, 0.15) is 6.07 Å². The van der Waals surface area contributed by atoms with E-state index >= 15 is 0 Å². The molecule has 0 aliphatic rings. The first-order chi connectivity index (χ1) is 13.1. The number of nitrogens with one attached hydrogen (secondary N) is 2. The van der Waals surface area contributed by atoms with Gasteiger partial charge >= 0.3 is 0 Å². The molecule has 27 heavy (non-hydrogen) atoms. The van der Waals surface area contributed by atoms with Crippen molar-refractivity contribution in [2.75, 3.05) is 23.8 Å². The Labute approximate surface area is 169 Å². The van der Waals surface area contributed by atoms with Crippen molar-refractivity contribution >= 4 is 48.9 Å². The Morgan fingerprint density at radius 3 is 2.74 bits per heavy atom. The monoisotopic (exact) mass is 476 g/mol. The van der Waals surface area contributed by atoms with Crippen LogP contribution in [0.5, 0.6) is 0 Å². The predicted octanol–water partition coefficient (Wildman–Crippen LogP) is 2.92. The molecule has 1 aromatic carbocycles. The fourth-order valence-corrected chi connectivity index (χ4v) is 3.07. The number of carbonyl (C=O) groups excluding carboxylic acids is 1. The maximum atomic E-state index is 11.1. The number of carbonyl (C=O) groups is 1. The minimum Gasteiger partial charge on any atom is -0.394 e. The smallest absolute Gasteiger partial charge is 0.284 e. The first-order valence-electron chi connectivity index (χ1n) is 8.27. The lowest BCUT2D eigenvalue weighted by molar-refractivity contribution is 0.271. The van der Waals surface area contributed by atoms with Crippen LogP contribution in [0.3, 0.4) is 0 Å². The van der Waals surface area contributed by atoms with Gasteiger partial charge in [0.15, 0.2) is 5.65 Å². The summed E-state index contributed by atoms with van der Waals surface area (Å²) >= 11 is 1.69. The number of rotatable bonds is 7. The van der Waals surface area contributed by atoms with E-state index < -0.39 is 0 Å². The number of amides is 1. The number of anilines is 2. The number of pyridine rings is 1. The van der Waals surface area contributed by atoms with E-state index in [0.29, 0.717) is 30.0 Å². The van der Waals surface area contributed by atoms with Crippen LogP contribution < -0.4 is 10.6 Å². The molecule has 0 spiro atoms. The van der Waals surface area contributed by atoms with E-state index in [0.717, 1.165) is 23.1 Å². The summed E-state index contributed by atoms with van der Waals surface area (Å²) in [5.74, 6) is 0. The molecule has 2 heterocycles. The molecule has 0 aliphatic carbocycles. The highest BCUT2D eigenvalue weighted by molar-refractivity contribution is 14.1. The van der Waals surface area contributed by atoms with E-state index in [1.54, 1.807) is 33.5 Å². The van der Waals surface area contributed by atoms with Crippen LogP contribution in [0.2, 0.25) is 0 Å². The quantitative estimate of drug-likeness (QED) is 0.275. The van der Waals surface area contributed by atoms with Crippen LogP contribution in [0.25, 0.3) is 11.0 Å². The molecule has 0 atom stereocenters. The third-order valence-electron chi connectivity index (χ3n) is 4.01. The van der Waals surface area contributed by atoms with Crippen LogP contribution in [-0.2, 0) is 13.0 Å². The second-order valence-electron chi connectivity index (χ2n) is 5.76. The molecule has 138 valence electrons. The lowest BCUT2D eigenvalue weighted by Gasteiger charge is -2.10. The summed E-state index contributed by atoms with van der Waals surface area (Å²) in [6.45, 7) is 0.939. The van der Waals surface area contributed by atoms with Crippen LogP contribution in [0.1, 0.15) is 11.1 Å². The van der Waals surface area contributed by atoms with Crippen molar-refractivity contribution < 1.29 is 9.90 Å². The van der Waals surface area contributed by atoms with Gasteiger partial charge in [-0.3, -0.25) is 4.79 Å². The van der Waals surface area contributed by atoms with Crippen molar-refractivity contribution in [1.82, 2.24) is 14.8 Å². The molecule has 0 unspecified atom stereocenters. The second-order valence-corrected chi connectivity index (χ2v) is 6.74. The van der Waals surface area contributed by atoms with Crippen molar-refractivity contribution in [1.29, 1.82) is 5.26 Å². The molecule has 3 N–H and O–H groups in total. The molecule has 3 aromatic rings. The van der Waals surface area contributed by atoms with Gasteiger partial charge in [-0.15, -0.1) is 0 Å². The number of benzene rings is 1. The number of fused-ring (bicyclic) bond motifs is 1. The Kier molecular flexibility index (Phi) is 6.20. The van der Waals surface area contributed by atoms with E-state index in [-0.39, 0.29) is 10.5 Å². The van der Waals surface area contributed by atoms with Crippen LogP contribution in [0, 0.1) is 11.3 Å². The Morgan fingerprint density at radius 2 is 2.07 bits per heavy atom. The van der Waals surface area contributed by atoms with E-state index in [1.165, 1.54) is 6.20 Å². The number of halogens is 1. The maximum absolute atomic E-state index is 11.1. The van der Waals surface area contributed by atoms with Crippen molar-refractivity contribution in [3.63, 3.8) is 0 Å². The highest BCUT2D eigenvalue weighted by Gasteiger charge is 2.13. The van der Waals surface area contributed by atoms with Gasteiger partial charge in [0.2, 0.25) is 0 Å². The summed E-state index contributed by atoms with van der Waals surface area (Å²) in [6, 6.07) is 9.77. The molecule has 0 saturated carbocycles. The number of aromatic nitrogens is 3. The lowest BCUT2D eigenvalue weighted by atomic mass is 10.1. The largest absolute Gasteiger partial charge is 0.394 e. The SMILES string of the molecule is N#Cc1cnc2c(cnn2CCO)c1NCCc1ccc(NC(=O)I)cc1. The van der Waals surface area contributed by atoms with Gasteiger partial charge in [-0.2, -0.15) is 10.4 Å². The maximum Gasteiger partial charge on any atom is 0.284 e. The van der Waals surface area contributed by atoms with Crippen molar-refractivity contribution in [2.24, 2.45) is 0 Å². The first kappa shape index (κ1) is 19.1. The molecule has 0 fully saturated rings. The normalized spacial score (nSPS) is 10.6. The first-order valence-corrected chi connectivity index (χ1v) is 9.35. The summed E-state index contributed by atoms with van der Waals surface area (Å²) in [4.78, 5) is 15.3. The van der Waals surface area contributed by atoms with Crippen LogP contribution in [0.4, 0.5) is 16.2 Å². The average Bonchev–Trinajstić information content (AvgIpc) is 3.06. The van der Waals surface area contributed by atoms with Crippen LogP contribution in [0.15, 0.2) is 36.7 Å². The predicted molar refractivity (Wildman–Crippen MR) is 111 cm³/mol. The molecular formula is C18H17IN6O2. The summed E-state index contributed by atoms with van der Waals surface area (Å²) < 4.78 is 1.48. The fraction of sp³-hybridized carbons (Fsp3) is 0.222. The summed E-state index contributed by atoms with van der Waals surface area (Å²) in [5.41, 5.74) is 3.63. The highest BCUT2D eigenvalue weighted by atomic mass is 127. The van der Waals surface area contributed by atoms with Gasteiger partial charge in [0.25, 0.3) is 3.91 Å². The van der Waals surface area contributed by atoms with Gasteiger partial charge in [-0.05, 0) is 24.1 Å². The van der Waals surface area contributed by atoms with E-state index in [4.69, 9.17) is 5.11 Å². The third-order valence-corrected chi connectivity index (χ3v) is 4.28. The lowest BCUT2D eigenvalue weighted by Crippen LogP contribution is -2.08. The van der Waals surface area contributed by atoms with Crippen LogP contribution in [-0.4, -0.2) is 36.9 Å². The zero-order valence-corrected chi connectivity index (χ0v) is 16.5. The summed E-state index contributed by atoms with van der Waals surface area (Å²) in [7, 11) is 0. The van der Waals surface area contributed by atoms with Gasteiger partial charge in [-0.25, -0.2) is 9.67 Å². The summed E-state index contributed by atoms with van der Waals surface area (Å²) in [5, 5.41) is 29.5. The standard InChI is InChI=1S/C18H17IN6O2/c19-18(27)24-14-3-1-12(2-4-14)5-6-21-16-13(9-20)10-22-17-15(16)11-23-25(17)7-8-26/h1-4,10-11,26H,5-8H2,(H,21,22)(H,24,27). The Morgan fingerprint density at radius 1 is 1.30 bits per heavy atom. The number of nitrogens with zero attached hydrogens (tertiary/aromatic N) is 4. The van der Waals surface area contributed by atoms with Crippen LogP contribution >= 0.6 is 22.6 Å². The third kappa shape index (κ3) is 4.53. The number of nitriles is 1. The molecule has 0 bridgehead atoms. The van der Waals surface area contributed by atoms with Gasteiger partial charge < -0.3 is 15.7 Å². The molecule has 2 aromatic heterocycles. The van der Waals surface area contributed by atoms with Crippen molar-refractivity contribution in [3.05, 3.63) is 47.8 Å². The van der Waals surface area contributed by atoms with E-state index in [2.05, 4.69) is 26.8 Å². The average molecular weight is 476 g/mol. The minimum atomic E-state index is -0.130. The van der Waals surface area contributed by atoms with E-state index in [1.807, 2.05) is 24.3 Å². The summed E-state index contributed by atoms with van der Waals surface area (Å²) in [6.07, 6.45) is 3.92. The zero-order valence-electron chi connectivity index (χ0n) is 14.3. The topological polar surface area (TPSA) is 116 Å². The Bertz CT molecular complexity index is 993. The Hall–Kier alpha value is -2.71. The molecule has 3 rings (SSSR count). The number of aliphatic hydroxyl groups is 1. The fourth-order valence-electron chi connectivity index (χ4n) is 2.76. The van der Waals surface area contributed by atoms with Gasteiger partial charge in [0, 0.05) is 41.0 Å². The second kappa shape index (κ2) is 8.79. The molecule has 0 aliphatic heterocycles. The van der Waals surface area contributed by atoms with E-state index in [9.17, 15) is 10.1 Å². The number of aliphatic hydroxyl groups excluding tert-OH is 1. The molecule has 0 radical (unpaired) electrons. The Balaban J connectivity index is 1.72. The molecule has 0 saturated heterocycles. The molecule has 8 nitrogen and oxygen atoms in total. The highest BCUT2D eigenvalue weighted by Crippen LogP contribution is 2.25. The van der Waals surface area contributed by atoms with Gasteiger partial charge in [0.05, 0.1) is 36.0 Å². The number of hydrogen-bond acceptors (Lipinski definition) is 6. The molecule has 1 amide bonds. The minimum absolute atomic E-state index is 0.0325. The molecular weight excluding hydrogens is 459 g/mol.